The highest BCUT2D eigenvalue weighted by Crippen LogP contribution is 2.40. The van der Waals surface area contributed by atoms with Crippen LogP contribution in [-0.2, 0) is 9.59 Å². The fourth-order valence-corrected chi connectivity index (χ4v) is 3.10. The van der Waals surface area contributed by atoms with Gasteiger partial charge in [0.25, 0.3) is 5.91 Å². The number of rotatable bonds is 6. The number of ether oxygens (including phenoxy) is 2. The highest BCUT2D eigenvalue weighted by atomic mass is 16.5. The van der Waals surface area contributed by atoms with Crippen LogP contribution in [0.25, 0.3) is 0 Å². The van der Waals surface area contributed by atoms with Gasteiger partial charge in [-0.15, -0.1) is 0 Å². The van der Waals surface area contributed by atoms with Gasteiger partial charge in [0.2, 0.25) is 5.91 Å². The van der Waals surface area contributed by atoms with E-state index in [1.54, 1.807) is 23.0 Å². The molecule has 0 aliphatic carbocycles. The van der Waals surface area contributed by atoms with E-state index >= 15 is 0 Å². The number of carbonyl (C=O) groups is 2. The smallest absolute Gasteiger partial charge is 0.255 e. The number of nitrogens with zero attached hydrogens (tertiary/aromatic N) is 2. The summed E-state index contributed by atoms with van der Waals surface area (Å²) >= 11 is 0. The van der Waals surface area contributed by atoms with Crippen LogP contribution >= 0.6 is 0 Å². The number of primary amides is 1. The molecule has 0 radical (unpaired) electrons. The molecule has 2 amide bonds. The molecule has 2 heterocycles. The maximum Gasteiger partial charge on any atom is 0.255 e. The van der Waals surface area contributed by atoms with Crippen LogP contribution in [-0.4, -0.2) is 35.3 Å². The third-order valence-corrected chi connectivity index (χ3v) is 4.30. The maximum atomic E-state index is 12.2. The number of hydrogen-bond acceptors (Lipinski definition) is 5. The summed E-state index contributed by atoms with van der Waals surface area (Å²) < 4.78 is 12.5. The summed E-state index contributed by atoms with van der Waals surface area (Å²) in [5, 5.41) is 7.32. The van der Waals surface area contributed by atoms with Crippen LogP contribution in [0.4, 0.5) is 5.82 Å². The molecular formula is C18H22N4O4. The first kappa shape index (κ1) is 17.8. The molecule has 3 rings (SSSR count). The number of nitrogens with one attached hydrogen (secondary N) is 1. The number of hydrogen-bond donors (Lipinski definition) is 2. The summed E-state index contributed by atoms with van der Waals surface area (Å²) in [7, 11) is 1.52. The van der Waals surface area contributed by atoms with Crippen LogP contribution in [0.3, 0.4) is 0 Å². The number of benzene rings is 1. The number of methoxy groups -OCH3 is 1. The monoisotopic (exact) mass is 358 g/mol. The Kier molecular flexibility index (Phi) is 4.83. The summed E-state index contributed by atoms with van der Waals surface area (Å²) in [5.74, 6) is 0.820. The van der Waals surface area contributed by atoms with Gasteiger partial charge in [0.15, 0.2) is 18.1 Å². The third kappa shape index (κ3) is 3.35. The van der Waals surface area contributed by atoms with E-state index in [9.17, 15) is 9.59 Å². The molecule has 0 saturated carbocycles. The summed E-state index contributed by atoms with van der Waals surface area (Å²) in [6.07, 6.45) is 2.09. The minimum atomic E-state index is -0.574. The largest absolute Gasteiger partial charge is 0.493 e. The van der Waals surface area contributed by atoms with Gasteiger partial charge in [0.1, 0.15) is 5.82 Å². The predicted molar refractivity (Wildman–Crippen MR) is 95.4 cm³/mol. The van der Waals surface area contributed by atoms with E-state index in [4.69, 9.17) is 15.2 Å². The van der Waals surface area contributed by atoms with Gasteiger partial charge in [0, 0.05) is 23.9 Å². The van der Waals surface area contributed by atoms with E-state index in [0.29, 0.717) is 17.9 Å². The Morgan fingerprint density at radius 1 is 1.42 bits per heavy atom. The minimum Gasteiger partial charge on any atom is -0.493 e. The van der Waals surface area contributed by atoms with Gasteiger partial charge in [-0.1, -0.05) is 6.07 Å². The van der Waals surface area contributed by atoms with Gasteiger partial charge < -0.3 is 20.5 Å². The summed E-state index contributed by atoms with van der Waals surface area (Å²) in [5.41, 5.74) is 6.98. The summed E-state index contributed by atoms with van der Waals surface area (Å²) in [6, 6.07) is 5.55. The molecule has 1 aromatic heterocycles. The zero-order chi connectivity index (χ0) is 18.8. The topological polar surface area (TPSA) is 108 Å². The lowest BCUT2D eigenvalue weighted by atomic mass is 9.87. The van der Waals surface area contributed by atoms with Crippen LogP contribution in [0.15, 0.2) is 24.4 Å². The Morgan fingerprint density at radius 2 is 2.19 bits per heavy atom. The van der Waals surface area contributed by atoms with E-state index < -0.39 is 5.91 Å². The molecular weight excluding hydrogens is 336 g/mol. The number of amides is 2. The standard InChI is InChI=1S/C18H22N4O4/c1-10(2)22-18-13(8-20-22)12(7-17(24)21-18)11-4-5-14(25-3)15(6-11)26-9-16(19)23/h4-6,8,10,12H,7,9H2,1-3H3,(H2,19,23)(H,21,24)/t12-/m0/s1. The number of fused-ring (bicyclic) bond motifs is 1. The molecule has 1 atom stereocenters. The van der Waals surface area contributed by atoms with Gasteiger partial charge >= 0.3 is 0 Å². The molecule has 8 heteroatoms. The molecule has 1 aromatic carbocycles. The molecule has 0 saturated heterocycles. The van der Waals surface area contributed by atoms with Crippen molar-refractivity contribution >= 4 is 17.6 Å². The number of anilines is 1. The predicted octanol–water partition coefficient (Wildman–Crippen LogP) is 1.81. The van der Waals surface area contributed by atoms with Gasteiger partial charge in [-0.2, -0.15) is 5.10 Å². The van der Waals surface area contributed by atoms with Crippen LogP contribution in [0.1, 0.15) is 43.4 Å². The second-order valence-corrected chi connectivity index (χ2v) is 6.46. The van der Waals surface area contributed by atoms with Crippen molar-refractivity contribution in [3.8, 4) is 11.5 Å². The Labute approximate surface area is 151 Å². The van der Waals surface area contributed by atoms with Crippen LogP contribution in [0, 0.1) is 0 Å². The third-order valence-electron chi connectivity index (χ3n) is 4.30. The normalized spacial score (nSPS) is 16.2. The molecule has 0 unspecified atom stereocenters. The van der Waals surface area contributed by atoms with Crippen LogP contribution in [0.2, 0.25) is 0 Å². The highest BCUT2D eigenvalue weighted by molar-refractivity contribution is 5.94. The molecule has 1 aliphatic rings. The first-order valence-electron chi connectivity index (χ1n) is 8.37. The van der Waals surface area contributed by atoms with Crippen molar-refractivity contribution in [2.45, 2.75) is 32.2 Å². The lowest BCUT2D eigenvalue weighted by molar-refractivity contribution is -0.120. The maximum absolute atomic E-state index is 12.2. The first-order chi connectivity index (χ1) is 12.4. The zero-order valence-electron chi connectivity index (χ0n) is 15.0. The first-order valence-corrected chi connectivity index (χ1v) is 8.37. The second kappa shape index (κ2) is 7.07. The van der Waals surface area contributed by atoms with E-state index in [2.05, 4.69) is 10.4 Å². The Bertz CT molecular complexity index is 844. The van der Waals surface area contributed by atoms with Gasteiger partial charge in [-0.3, -0.25) is 9.59 Å². The number of carbonyl (C=O) groups excluding carboxylic acids is 2. The fraction of sp³-hybridized carbons (Fsp3) is 0.389. The number of aromatic nitrogens is 2. The van der Waals surface area contributed by atoms with Crippen molar-refractivity contribution in [3.63, 3.8) is 0 Å². The minimum absolute atomic E-state index is 0.0691. The van der Waals surface area contributed by atoms with Crippen molar-refractivity contribution in [2.24, 2.45) is 5.73 Å². The van der Waals surface area contributed by atoms with E-state index in [1.807, 2.05) is 19.9 Å². The molecule has 0 bridgehead atoms. The average Bonchev–Trinajstić information content (AvgIpc) is 3.02. The summed E-state index contributed by atoms with van der Waals surface area (Å²) in [4.78, 5) is 23.3. The van der Waals surface area contributed by atoms with Crippen molar-refractivity contribution in [2.75, 3.05) is 19.0 Å². The molecule has 0 spiro atoms. The van der Waals surface area contributed by atoms with Crippen LogP contribution in [0.5, 0.6) is 11.5 Å². The van der Waals surface area contributed by atoms with E-state index in [1.165, 1.54) is 7.11 Å². The summed E-state index contributed by atoms with van der Waals surface area (Å²) in [6.45, 7) is 3.76. The van der Waals surface area contributed by atoms with Gasteiger partial charge in [0.05, 0.1) is 13.3 Å². The Balaban J connectivity index is 2.00. The second-order valence-electron chi connectivity index (χ2n) is 6.46. The average molecular weight is 358 g/mol. The van der Waals surface area contributed by atoms with Gasteiger partial charge in [-0.05, 0) is 31.5 Å². The molecule has 1 aliphatic heterocycles. The fourth-order valence-electron chi connectivity index (χ4n) is 3.10. The highest BCUT2D eigenvalue weighted by Gasteiger charge is 2.31. The molecule has 138 valence electrons. The Morgan fingerprint density at radius 3 is 2.85 bits per heavy atom. The van der Waals surface area contributed by atoms with Crippen LogP contribution < -0.4 is 20.5 Å². The van der Waals surface area contributed by atoms with Crippen molar-refractivity contribution < 1.29 is 19.1 Å². The Hall–Kier alpha value is -3.03. The lowest BCUT2D eigenvalue weighted by Gasteiger charge is -2.25. The van der Waals surface area contributed by atoms with E-state index in [-0.39, 0.29) is 24.5 Å². The van der Waals surface area contributed by atoms with E-state index in [0.717, 1.165) is 16.9 Å². The molecule has 8 nitrogen and oxygen atoms in total. The lowest BCUT2D eigenvalue weighted by Crippen LogP contribution is -2.25. The SMILES string of the molecule is COc1ccc([C@@H]2CC(=O)Nc3c2cnn3C(C)C)cc1OCC(N)=O. The number of nitrogens with two attached hydrogens (primary N) is 1. The van der Waals surface area contributed by atoms with Crippen molar-refractivity contribution in [3.05, 3.63) is 35.5 Å². The van der Waals surface area contributed by atoms with Crippen molar-refractivity contribution in [1.29, 1.82) is 0 Å². The quantitative estimate of drug-likeness (QED) is 0.819. The van der Waals surface area contributed by atoms with Crippen molar-refractivity contribution in [1.82, 2.24) is 9.78 Å². The van der Waals surface area contributed by atoms with Gasteiger partial charge in [-0.25, -0.2) is 4.68 Å². The zero-order valence-corrected chi connectivity index (χ0v) is 15.0. The molecule has 0 fully saturated rings. The molecule has 26 heavy (non-hydrogen) atoms. The molecule has 3 N–H and O–H groups in total. The molecule has 2 aromatic rings.